The number of benzene rings is 1. The van der Waals surface area contributed by atoms with Crippen LogP contribution in [0.4, 0.5) is 5.82 Å². The first-order valence-corrected chi connectivity index (χ1v) is 5.56. The number of hydrazine groups is 1. The fraction of sp³-hybridized carbons (Fsp3) is 0.154. The third kappa shape index (κ3) is 2.42. The molecule has 0 saturated carbocycles. The second kappa shape index (κ2) is 5.48. The van der Waals surface area contributed by atoms with E-state index in [4.69, 9.17) is 16.3 Å². The van der Waals surface area contributed by atoms with Crippen LogP contribution in [-0.4, -0.2) is 12.1 Å². The summed E-state index contributed by atoms with van der Waals surface area (Å²) in [6, 6.07) is 11.2. The number of rotatable bonds is 4. The van der Waals surface area contributed by atoms with E-state index in [9.17, 15) is 0 Å². The Kier molecular flexibility index (Phi) is 3.76. The van der Waals surface area contributed by atoms with Crippen molar-refractivity contribution in [2.24, 2.45) is 5.84 Å². The summed E-state index contributed by atoms with van der Waals surface area (Å²) in [6.07, 6.45) is 1.65. The lowest BCUT2D eigenvalue weighted by atomic mass is 10.00. The third-order valence-corrected chi connectivity index (χ3v) is 2.80. The SMILES string of the molecule is COc1ccc(C(NN)c2cccnc2N)cc1. The molecule has 1 heterocycles. The second-order valence-electron chi connectivity index (χ2n) is 3.85. The Hall–Kier alpha value is -2.11. The lowest BCUT2D eigenvalue weighted by Gasteiger charge is -2.18. The molecule has 0 spiro atoms. The van der Waals surface area contributed by atoms with Gasteiger partial charge in [0.2, 0.25) is 0 Å². The summed E-state index contributed by atoms with van der Waals surface area (Å²) in [7, 11) is 1.63. The van der Waals surface area contributed by atoms with Crippen molar-refractivity contribution in [1.29, 1.82) is 0 Å². The van der Waals surface area contributed by atoms with E-state index >= 15 is 0 Å². The summed E-state index contributed by atoms with van der Waals surface area (Å²) in [6.45, 7) is 0. The number of pyridine rings is 1. The molecule has 18 heavy (non-hydrogen) atoms. The van der Waals surface area contributed by atoms with Crippen LogP contribution in [0, 0.1) is 0 Å². The van der Waals surface area contributed by atoms with Gasteiger partial charge in [0.05, 0.1) is 13.2 Å². The quantitative estimate of drug-likeness (QED) is 0.556. The molecule has 1 atom stereocenters. The van der Waals surface area contributed by atoms with E-state index in [1.54, 1.807) is 13.3 Å². The van der Waals surface area contributed by atoms with Crippen molar-refractivity contribution < 1.29 is 4.74 Å². The standard InChI is InChI=1S/C13H16N4O/c1-18-10-6-4-9(5-7-10)12(17-15)11-3-2-8-16-13(11)14/h2-8,12,17H,15H2,1H3,(H2,14,16). The number of hydrogen-bond donors (Lipinski definition) is 3. The van der Waals surface area contributed by atoms with Crippen LogP contribution in [0.5, 0.6) is 5.75 Å². The highest BCUT2D eigenvalue weighted by molar-refractivity contribution is 5.46. The molecule has 94 valence electrons. The van der Waals surface area contributed by atoms with Gasteiger partial charge in [0.1, 0.15) is 11.6 Å². The Morgan fingerprint density at radius 1 is 1.22 bits per heavy atom. The molecule has 5 N–H and O–H groups in total. The van der Waals surface area contributed by atoms with E-state index in [1.807, 2.05) is 36.4 Å². The minimum absolute atomic E-state index is 0.190. The maximum Gasteiger partial charge on any atom is 0.128 e. The van der Waals surface area contributed by atoms with Gasteiger partial charge in [0, 0.05) is 11.8 Å². The highest BCUT2D eigenvalue weighted by Gasteiger charge is 2.15. The Morgan fingerprint density at radius 2 is 1.94 bits per heavy atom. The van der Waals surface area contributed by atoms with E-state index in [2.05, 4.69) is 10.4 Å². The Balaban J connectivity index is 2.36. The average Bonchev–Trinajstić information content (AvgIpc) is 2.42. The molecule has 2 aromatic rings. The highest BCUT2D eigenvalue weighted by atomic mass is 16.5. The van der Waals surface area contributed by atoms with Crippen molar-refractivity contribution >= 4 is 5.82 Å². The largest absolute Gasteiger partial charge is 0.497 e. The normalized spacial score (nSPS) is 12.1. The Bertz CT molecular complexity index is 513. The maximum absolute atomic E-state index is 5.86. The number of nitrogens with two attached hydrogens (primary N) is 2. The van der Waals surface area contributed by atoms with Gasteiger partial charge in [-0.15, -0.1) is 0 Å². The molecule has 5 heteroatoms. The summed E-state index contributed by atoms with van der Waals surface area (Å²) in [5, 5.41) is 0. The Labute approximate surface area is 106 Å². The van der Waals surface area contributed by atoms with Crippen molar-refractivity contribution in [3.05, 3.63) is 53.7 Å². The third-order valence-electron chi connectivity index (χ3n) is 2.80. The van der Waals surface area contributed by atoms with Gasteiger partial charge in [-0.25, -0.2) is 10.4 Å². The van der Waals surface area contributed by atoms with Gasteiger partial charge in [-0.3, -0.25) is 5.84 Å². The van der Waals surface area contributed by atoms with Gasteiger partial charge in [-0.05, 0) is 23.8 Å². The van der Waals surface area contributed by atoms with E-state index in [-0.39, 0.29) is 6.04 Å². The topological polar surface area (TPSA) is 86.2 Å². The van der Waals surface area contributed by atoms with Crippen molar-refractivity contribution in [2.75, 3.05) is 12.8 Å². The summed E-state index contributed by atoms with van der Waals surface area (Å²) in [5.74, 6) is 6.88. The van der Waals surface area contributed by atoms with Gasteiger partial charge >= 0.3 is 0 Å². The summed E-state index contributed by atoms with van der Waals surface area (Å²) in [5.41, 5.74) is 10.5. The predicted molar refractivity (Wildman–Crippen MR) is 70.8 cm³/mol. The van der Waals surface area contributed by atoms with Crippen molar-refractivity contribution in [2.45, 2.75) is 6.04 Å². The number of anilines is 1. The molecule has 0 bridgehead atoms. The maximum atomic E-state index is 5.86. The fourth-order valence-corrected chi connectivity index (χ4v) is 1.84. The van der Waals surface area contributed by atoms with Gasteiger partial charge in [-0.1, -0.05) is 18.2 Å². The van der Waals surface area contributed by atoms with Crippen LogP contribution >= 0.6 is 0 Å². The molecular formula is C13H16N4O. The van der Waals surface area contributed by atoms with Gasteiger partial charge < -0.3 is 10.5 Å². The number of aromatic nitrogens is 1. The molecule has 0 saturated heterocycles. The minimum Gasteiger partial charge on any atom is -0.497 e. The first kappa shape index (κ1) is 12.3. The molecule has 0 aliphatic heterocycles. The van der Waals surface area contributed by atoms with E-state index in [0.717, 1.165) is 16.9 Å². The molecule has 1 aromatic carbocycles. The van der Waals surface area contributed by atoms with E-state index in [1.165, 1.54) is 0 Å². The first-order chi connectivity index (χ1) is 8.76. The summed E-state index contributed by atoms with van der Waals surface area (Å²) in [4.78, 5) is 4.06. The molecule has 0 aliphatic rings. The van der Waals surface area contributed by atoms with Gasteiger partial charge in [0.15, 0.2) is 0 Å². The molecule has 0 fully saturated rings. The first-order valence-electron chi connectivity index (χ1n) is 5.56. The van der Waals surface area contributed by atoms with Crippen molar-refractivity contribution in [3.63, 3.8) is 0 Å². The zero-order chi connectivity index (χ0) is 13.0. The smallest absolute Gasteiger partial charge is 0.128 e. The number of nitrogen functional groups attached to an aromatic ring is 1. The molecule has 0 aliphatic carbocycles. The zero-order valence-corrected chi connectivity index (χ0v) is 10.1. The van der Waals surface area contributed by atoms with Crippen molar-refractivity contribution in [3.8, 4) is 5.75 Å². The van der Waals surface area contributed by atoms with Crippen LogP contribution in [0.15, 0.2) is 42.6 Å². The number of nitrogens with one attached hydrogen (secondary N) is 1. The van der Waals surface area contributed by atoms with Crippen molar-refractivity contribution in [1.82, 2.24) is 10.4 Å². The van der Waals surface area contributed by atoms with Gasteiger partial charge in [-0.2, -0.15) is 0 Å². The fourth-order valence-electron chi connectivity index (χ4n) is 1.84. The van der Waals surface area contributed by atoms with Gasteiger partial charge in [0.25, 0.3) is 0 Å². The summed E-state index contributed by atoms with van der Waals surface area (Å²) >= 11 is 0. The zero-order valence-electron chi connectivity index (χ0n) is 10.1. The number of methoxy groups -OCH3 is 1. The van der Waals surface area contributed by atoms with Crippen LogP contribution in [0.25, 0.3) is 0 Å². The van der Waals surface area contributed by atoms with Crippen LogP contribution < -0.4 is 21.7 Å². The molecule has 1 unspecified atom stereocenters. The van der Waals surface area contributed by atoms with E-state index < -0.39 is 0 Å². The lowest BCUT2D eigenvalue weighted by molar-refractivity contribution is 0.414. The van der Waals surface area contributed by atoms with Crippen LogP contribution in [0.2, 0.25) is 0 Å². The highest BCUT2D eigenvalue weighted by Crippen LogP contribution is 2.25. The van der Waals surface area contributed by atoms with Crippen LogP contribution in [-0.2, 0) is 0 Å². The minimum atomic E-state index is -0.190. The van der Waals surface area contributed by atoms with E-state index in [0.29, 0.717) is 5.82 Å². The Morgan fingerprint density at radius 3 is 2.50 bits per heavy atom. The monoisotopic (exact) mass is 244 g/mol. The van der Waals surface area contributed by atoms with Crippen LogP contribution in [0.3, 0.4) is 0 Å². The molecule has 5 nitrogen and oxygen atoms in total. The molecule has 0 amide bonds. The number of nitrogens with zero attached hydrogens (tertiary/aromatic N) is 1. The molecule has 0 radical (unpaired) electrons. The number of ether oxygens (including phenoxy) is 1. The number of hydrogen-bond acceptors (Lipinski definition) is 5. The average molecular weight is 244 g/mol. The molecule has 1 aromatic heterocycles. The molecule has 2 rings (SSSR count). The van der Waals surface area contributed by atoms with Crippen LogP contribution in [0.1, 0.15) is 17.2 Å². The summed E-state index contributed by atoms with van der Waals surface area (Å²) < 4.78 is 5.12. The molecular weight excluding hydrogens is 228 g/mol. The second-order valence-corrected chi connectivity index (χ2v) is 3.85. The predicted octanol–water partition coefficient (Wildman–Crippen LogP) is 1.23. The lowest BCUT2D eigenvalue weighted by Crippen LogP contribution is -2.29.